The monoisotopic (exact) mass is 339 g/mol. The summed E-state index contributed by atoms with van der Waals surface area (Å²) in [6, 6.07) is 3.83. The Morgan fingerprint density at radius 1 is 1.27 bits per heavy atom. The molecule has 0 saturated carbocycles. The number of hydrogen-bond acceptors (Lipinski definition) is 6. The number of hydrogen-bond donors (Lipinski definition) is 1. The number of benzene rings is 1. The molecule has 0 saturated heterocycles. The van der Waals surface area contributed by atoms with Crippen LogP contribution >= 0.6 is 7.60 Å². The highest BCUT2D eigenvalue weighted by Gasteiger charge is 2.59. The van der Waals surface area contributed by atoms with Gasteiger partial charge in [0.05, 0.1) is 18.1 Å². The molecule has 1 atom stereocenters. The minimum absolute atomic E-state index is 0.292. The van der Waals surface area contributed by atoms with Gasteiger partial charge in [-0.05, 0) is 31.5 Å². The number of nitro benzene ring substituents is 1. The molecule has 0 fully saturated rings. The van der Waals surface area contributed by atoms with Crippen molar-refractivity contribution in [3.8, 4) is 0 Å². The van der Waals surface area contributed by atoms with Crippen molar-refractivity contribution in [1.29, 1.82) is 0 Å². The highest BCUT2D eigenvalue weighted by molar-refractivity contribution is 7.55. The van der Waals surface area contributed by atoms with E-state index in [-0.39, 0.29) is 24.5 Å². The Kier molecular flexibility index (Phi) is 6.13. The van der Waals surface area contributed by atoms with E-state index >= 15 is 0 Å². The molecule has 0 aliphatic carbocycles. The number of nitro groups is 1. The molecule has 7 nitrogen and oxygen atoms in total. The van der Waals surface area contributed by atoms with E-state index in [1.54, 1.807) is 0 Å². The van der Waals surface area contributed by atoms with Crippen LogP contribution in [-0.4, -0.2) is 28.9 Å². The second-order valence-electron chi connectivity index (χ2n) is 4.17. The Hall–Kier alpha value is -1.41. The van der Waals surface area contributed by atoms with Crippen molar-refractivity contribution >= 4 is 13.3 Å². The van der Waals surface area contributed by atoms with E-state index < -0.39 is 24.3 Å². The second-order valence-corrected chi connectivity index (χ2v) is 6.28. The summed E-state index contributed by atoms with van der Waals surface area (Å²) >= 11 is 0. The first-order valence-corrected chi connectivity index (χ1v) is 7.93. The number of nitrogens with zero attached hydrogens (tertiary/aromatic N) is 1. The summed E-state index contributed by atoms with van der Waals surface area (Å²) in [6.45, 7) is 2.14. The zero-order valence-corrected chi connectivity index (χ0v) is 12.8. The molecule has 0 bridgehead atoms. The van der Waals surface area contributed by atoms with Crippen molar-refractivity contribution in [2.24, 2.45) is 0 Å². The highest BCUT2D eigenvalue weighted by Crippen LogP contribution is 2.66. The molecule has 0 aromatic heterocycles. The maximum absolute atomic E-state index is 14.3. The van der Waals surface area contributed by atoms with Crippen molar-refractivity contribution in [2.75, 3.05) is 13.2 Å². The molecule has 0 spiro atoms. The molecule has 1 N–H and O–H groups in total. The summed E-state index contributed by atoms with van der Waals surface area (Å²) in [7, 11) is -4.89. The quantitative estimate of drug-likeness (QED) is 0.442. The van der Waals surface area contributed by atoms with Gasteiger partial charge in [-0.3, -0.25) is 14.7 Å². The lowest BCUT2D eigenvalue weighted by molar-refractivity contribution is -0.384. The van der Waals surface area contributed by atoms with Crippen LogP contribution < -0.4 is 0 Å². The molecule has 22 heavy (non-hydrogen) atoms. The van der Waals surface area contributed by atoms with Crippen molar-refractivity contribution in [3.05, 3.63) is 39.9 Å². The minimum atomic E-state index is -4.89. The van der Waals surface area contributed by atoms with Gasteiger partial charge in [-0.25, -0.2) is 0 Å². The van der Waals surface area contributed by atoms with Gasteiger partial charge in [0.1, 0.15) is 0 Å². The Balaban J connectivity index is 3.13. The van der Waals surface area contributed by atoms with Crippen LogP contribution in [0, 0.1) is 10.1 Å². The topological polar surface area (TPSA) is 98.9 Å². The highest BCUT2D eigenvalue weighted by atomic mass is 31.2. The smallest absolute Gasteiger partial charge is 0.381 e. The molecular formula is C12H16F2NO6P. The summed E-state index contributed by atoms with van der Waals surface area (Å²) in [6.07, 6.45) is -2.49. The SMILES string of the molecule is CCOP(=O)(OCC)C(F)(F)[C@@H](O)c1ccc([N+](=O)[O-])cc1. The fourth-order valence-corrected chi connectivity index (χ4v) is 3.23. The van der Waals surface area contributed by atoms with Gasteiger partial charge in [-0.1, -0.05) is 0 Å². The van der Waals surface area contributed by atoms with E-state index in [1.165, 1.54) is 13.8 Å². The van der Waals surface area contributed by atoms with Crippen LogP contribution in [0.3, 0.4) is 0 Å². The van der Waals surface area contributed by atoms with Gasteiger partial charge in [0.15, 0.2) is 6.10 Å². The molecule has 124 valence electrons. The lowest BCUT2D eigenvalue weighted by Gasteiger charge is -2.29. The summed E-state index contributed by atoms with van der Waals surface area (Å²) in [4.78, 5) is 9.81. The largest absolute Gasteiger partial charge is 0.402 e. The molecule has 0 radical (unpaired) electrons. The van der Waals surface area contributed by atoms with Crippen LogP contribution in [-0.2, 0) is 13.6 Å². The molecule has 0 unspecified atom stereocenters. The summed E-state index contributed by atoms with van der Waals surface area (Å²) in [5.74, 6) is 0. The Morgan fingerprint density at radius 3 is 2.09 bits per heavy atom. The van der Waals surface area contributed by atoms with Gasteiger partial charge < -0.3 is 14.2 Å². The van der Waals surface area contributed by atoms with Crippen molar-refractivity contribution in [3.63, 3.8) is 0 Å². The van der Waals surface area contributed by atoms with Crippen LogP contribution in [0.5, 0.6) is 0 Å². The number of aliphatic hydroxyl groups is 1. The lowest BCUT2D eigenvalue weighted by atomic mass is 10.1. The maximum Gasteiger partial charge on any atom is 0.402 e. The van der Waals surface area contributed by atoms with E-state index in [0.717, 1.165) is 24.3 Å². The molecule has 1 aromatic carbocycles. The van der Waals surface area contributed by atoms with Gasteiger partial charge in [-0.15, -0.1) is 0 Å². The number of alkyl halides is 2. The molecule has 0 amide bonds. The Morgan fingerprint density at radius 2 is 1.73 bits per heavy atom. The normalized spacial score (nSPS) is 13.9. The molecule has 0 heterocycles. The average Bonchev–Trinajstić information content (AvgIpc) is 2.46. The third-order valence-corrected chi connectivity index (χ3v) is 4.88. The summed E-state index contributed by atoms with van der Waals surface area (Å²) < 4.78 is 49.8. The Labute approximate surface area is 125 Å². The molecule has 1 aromatic rings. The molecular weight excluding hydrogens is 323 g/mol. The Bertz CT molecular complexity index is 555. The van der Waals surface area contributed by atoms with E-state index in [9.17, 15) is 28.6 Å². The van der Waals surface area contributed by atoms with Gasteiger partial charge in [0.25, 0.3) is 5.69 Å². The van der Waals surface area contributed by atoms with Gasteiger partial charge >= 0.3 is 13.3 Å². The van der Waals surface area contributed by atoms with Crippen LogP contribution in [0.15, 0.2) is 24.3 Å². The third kappa shape index (κ3) is 3.67. The van der Waals surface area contributed by atoms with Crippen LogP contribution in [0.2, 0.25) is 0 Å². The molecule has 1 rings (SSSR count). The van der Waals surface area contributed by atoms with E-state index in [2.05, 4.69) is 9.05 Å². The van der Waals surface area contributed by atoms with Crippen LogP contribution in [0.4, 0.5) is 14.5 Å². The zero-order valence-electron chi connectivity index (χ0n) is 11.9. The average molecular weight is 339 g/mol. The first-order valence-electron chi connectivity index (χ1n) is 6.39. The van der Waals surface area contributed by atoms with Gasteiger partial charge in [0.2, 0.25) is 0 Å². The number of halogens is 2. The van der Waals surface area contributed by atoms with Crippen molar-refractivity contribution < 1.29 is 32.4 Å². The van der Waals surface area contributed by atoms with E-state index in [4.69, 9.17) is 0 Å². The first kappa shape index (κ1) is 18.6. The maximum atomic E-state index is 14.3. The predicted octanol–water partition coefficient (Wildman–Crippen LogP) is 3.49. The van der Waals surface area contributed by atoms with E-state index in [1.807, 2.05) is 0 Å². The van der Waals surface area contributed by atoms with Gasteiger partial charge in [0, 0.05) is 12.1 Å². The number of rotatable bonds is 8. The van der Waals surface area contributed by atoms with Crippen LogP contribution in [0.1, 0.15) is 25.5 Å². The lowest BCUT2D eigenvalue weighted by Crippen LogP contribution is -2.28. The standard InChI is InChI=1S/C12H16F2NO6P/c1-3-20-22(19,21-4-2)12(13,14)11(16)9-5-7-10(8-6-9)15(17)18/h5-8,11,16H,3-4H2,1-2H3/t11-/m0/s1. The van der Waals surface area contributed by atoms with Gasteiger partial charge in [-0.2, -0.15) is 8.78 Å². The zero-order chi connectivity index (χ0) is 17.0. The fraction of sp³-hybridized carbons (Fsp3) is 0.500. The molecule has 0 aliphatic rings. The van der Waals surface area contributed by atoms with Crippen molar-refractivity contribution in [1.82, 2.24) is 0 Å². The molecule has 10 heteroatoms. The summed E-state index contributed by atoms with van der Waals surface area (Å²) in [5.41, 5.74) is -4.86. The minimum Gasteiger partial charge on any atom is -0.381 e. The molecule has 0 aliphatic heterocycles. The van der Waals surface area contributed by atoms with Crippen molar-refractivity contribution in [2.45, 2.75) is 25.6 Å². The predicted molar refractivity (Wildman–Crippen MR) is 73.9 cm³/mol. The second kappa shape index (κ2) is 7.23. The van der Waals surface area contributed by atoms with Crippen LogP contribution in [0.25, 0.3) is 0 Å². The first-order chi connectivity index (χ1) is 10.2. The van der Waals surface area contributed by atoms with E-state index in [0.29, 0.717) is 0 Å². The summed E-state index contributed by atoms with van der Waals surface area (Å²) in [5, 5.41) is 20.3. The number of non-ortho nitro benzene ring substituents is 1. The third-order valence-electron chi connectivity index (χ3n) is 2.71. The fourth-order valence-electron chi connectivity index (χ4n) is 1.68. The number of aliphatic hydroxyl groups excluding tert-OH is 1.